The summed E-state index contributed by atoms with van der Waals surface area (Å²) in [6.07, 6.45) is 0. The summed E-state index contributed by atoms with van der Waals surface area (Å²) in [5.74, 6) is -1.00. The Morgan fingerprint density at radius 3 is 2.57 bits per heavy atom. The van der Waals surface area contributed by atoms with Crippen molar-refractivity contribution in [3.8, 4) is 0 Å². The van der Waals surface area contributed by atoms with Gasteiger partial charge in [0, 0.05) is 17.4 Å². The summed E-state index contributed by atoms with van der Waals surface area (Å²) in [7, 11) is 0. The van der Waals surface area contributed by atoms with Crippen molar-refractivity contribution in [1.82, 2.24) is 0 Å². The first kappa shape index (κ1) is 10.4. The standard InChI is InChI=1S/C10H14N2O2/c1-6(2)12-7-3-4-8(10(13)14)9(11)5-7/h3-6,12H,11H2,1-2H3,(H,13,14). The highest BCUT2D eigenvalue weighted by atomic mass is 16.4. The molecule has 0 atom stereocenters. The third-order valence-electron chi connectivity index (χ3n) is 1.74. The van der Waals surface area contributed by atoms with E-state index in [1.54, 1.807) is 12.1 Å². The lowest BCUT2D eigenvalue weighted by Gasteiger charge is -2.11. The summed E-state index contributed by atoms with van der Waals surface area (Å²) in [6.45, 7) is 4.00. The zero-order chi connectivity index (χ0) is 10.7. The largest absolute Gasteiger partial charge is 0.478 e. The van der Waals surface area contributed by atoms with Gasteiger partial charge in [0.2, 0.25) is 0 Å². The summed E-state index contributed by atoms with van der Waals surface area (Å²) < 4.78 is 0. The number of anilines is 2. The van der Waals surface area contributed by atoms with E-state index >= 15 is 0 Å². The molecule has 4 N–H and O–H groups in total. The molecule has 1 aromatic carbocycles. The molecular weight excluding hydrogens is 180 g/mol. The minimum Gasteiger partial charge on any atom is -0.478 e. The predicted octanol–water partition coefficient (Wildman–Crippen LogP) is 1.79. The van der Waals surface area contributed by atoms with Crippen LogP contribution in [0.2, 0.25) is 0 Å². The number of nitrogens with two attached hydrogens (primary N) is 1. The van der Waals surface area contributed by atoms with E-state index in [0.29, 0.717) is 6.04 Å². The van der Waals surface area contributed by atoms with E-state index in [0.717, 1.165) is 5.69 Å². The lowest BCUT2D eigenvalue weighted by molar-refractivity contribution is 0.0698. The van der Waals surface area contributed by atoms with Crippen LogP contribution in [-0.4, -0.2) is 17.1 Å². The maximum absolute atomic E-state index is 10.7. The zero-order valence-corrected chi connectivity index (χ0v) is 8.24. The topological polar surface area (TPSA) is 75.3 Å². The van der Waals surface area contributed by atoms with E-state index in [4.69, 9.17) is 10.8 Å². The monoisotopic (exact) mass is 194 g/mol. The molecule has 0 amide bonds. The number of carbonyl (C=O) groups is 1. The van der Waals surface area contributed by atoms with Crippen LogP contribution in [0.25, 0.3) is 0 Å². The van der Waals surface area contributed by atoms with Crippen LogP contribution in [0, 0.1) is 0 Å². The van der Waals surface area contributed by atoms with Crippen molar-refractivity contribution >= 4 is 17.3 Å². The molecule has 0 radical (unpaired) electrons. The van der Waals surface area contributed by atoms with Crippen LogP contribution in [-0.2, 0) is 0 Å². The van der Waals surface area contributed by atoms with E-state index in [1.807, 2.05) is 13.8 Å². The van der Waals surface area contributed by atoms with Crippen LogP contribution in [0.15, 0.2) is 18.2 Å². The van der Waals surface area contributed by atoms with Crippen molar-refractivity contribution in [2.45, 2.75) is 19.9 Å². The van der Waals surface area contributed by atoms with Gasteiger partial charge in [-0.25, -0.2) is 4.79 Å². The first-order chi connectivity index (χ1) is 6.50. The Morgan fingerprint density at radius 2 is 2.14 bits per heavy atom. The maximum Gasteiger partial charge on any atom is 0.337 e. The Labute approximate surface area is 82.7 Å². The first-order valence-corrected chi connectivity index (χ1v) is 4.40. The van der Waals surface area contributed by atoms with Crippen LogP contribution in [0.4, 0.5) is 11.4 Å². The fourth-order valence-corrected chi connectivity index (χ4v) is 1.18. The number of hydrogen-bond acceptors (Lipinski definition) is 3. The average molecular weight is 194 g/mol. The third kappa shape index (κ3) is 2.39. The molecule has 1 rings (SSSR count). The molecule has 0 saturated carbocycles. The van der Waals surface area contributed by atoms with Gasteiger partial charge in [-0.05, 0) is 32.0 Å². The van der Waals surface area contributed by atoms with E-state index in [-0.39, 0.29) is 11.3 Å². The Kier molecular flexibility index (Phi) is 2.96. The van der Waals surface area contributed by atoms with Crippen molar-refractivity contribution in [2.75, 3.05) is 11.1 Å². The summed E-state index contributed by atoms with van der Waals surface area (Å²) in [5, 5.41) is 11.9. The lowest BCUT2D eigenvalue weighted by atomic mass is 10.1. The second kappa shape index (κ2) is 4.00. The Hall–Kier alpha value is -1.71. The van der Waals surface area contributed by atoms with Gasteiger partial charge in [0.05, 0.1) is 5.56 Å². The van der Waals surface area contributed by atoms with E-state index in [9.17, 15) is 4.79 Å². The SMILES string of the molecule is CC(C)Nc1ccc(C(=O)O)c(N)c1. The van der Waals surface area contributed by atoms with Gasteiger partial charge in [-0.1, -0.05) is 0 Å². The molecule has 76 valence electrons. The fourth-order valence-electron chi connectivity index (χ4n) is 1.18. The second-order valence-corrected chi connectivity index (χ2v) is 3.41. The lowest BCUT2D eigenvalue weighted by Crippen LogP contribution is -2.10. The molecule has 0 bridgehead atoms. The Bertz CT molecular complexity index is 348. The van der Waals surface area contributed by atoms with Gasteiger partial charge in [0.1, 0.15) is 0 Å². The highest BCUT2D eigenvalue weighted by Gasteiger charge is 2.07. The van der Waals surface area contributed by atoms with Gasteiger partial charge >= 0.3 is 5.97 Å². The molecule has 0 heterocycles. The molecule has 0 aliphatic carbocycles. The van der Waals surface area contributed by atoms with Gasteiger partial charge in [0.15, 0.2) is 0 Å². The highest BCUT2D eigenvalue weighted by Crippen LogP contribution is 2.18. The number of rotatable bonds is 3. The van der Waals surface area contributed by atoms with E-state index in [2.05, 4.69) is 5.32 Å². The number of nitrogen functional groups attached to an aromatic ring is 1. The summed E-state index contributed by atoms with van der Waals surface area (Å²) in [4.78, 5) is 10.7. The molecule has 0 spiro atoms. The first-order valence-electron chi connectivity index (χ1n) is 4.40. The molecular formula is C10H14N2O2. The van der Waals surface area contributed by atoms with Crippen molar-refractivity contribution in [3.63, 3.8) is 0 Å². The molecule has 0 unspecified atom stereocenters. The van der Waals surface area contributed by atoms with Gasteiger partial charge in [0.25, 0.3) is 0 Å². The number of carboxylic acids is 1. The van der Waals surface area contributed by atoms with Crippen LogP contribution >= 0.6 is 0 Å². The van der Waals surface area contributed by atoms with Gasteiger partial charge in [-0.2, -0.15) is 0 Å². The van der Waals surface area contributed by atoms with Crippen LogP contribution in [0.1, 0.15) is 24.2 Å². The molecule has 4 nitrogen and oxygen atoms in total. The number of aromatic carboxylic acids is 1. The molecule has 4 heteroatoms. The van der Waals surface area contributed by atoms with E-state index < -0.39 is 5.97 Å². The molecule has 14 heavy (non-hydrogen) atoms. The number of nitrogens with one attached hydrogen (secondary N) is 1. The second-order valence-electron chi connectivity index (χ2n) is 3.41. The fraction of sp³-hybridized carbons (Fsp3) is 0.300. The molecule has 0 aliphatic heterocycles. The number of benzene rings is 1. The van der Waals surface area contributed by atoms with Gasteiger partial charge < -0.3 is 16.2 Å². The number of hydrogen-bond donors (Lipinski definition) is 3. The van der Waals surface area contributed by atoms with Crippen LogP contribution in [0.5, 0.6) is 0 Å². The molecule has 1 aromatic rings. The highest BCUT2D eigenvalue weighted by molar-refractivity contribution is 5.94. The summed E-state index contributed by atoms with van der Waals surface area (Å²) >= 11 is 0. The summed E-state index contributed by atoms with van der Waals surface area (Å²) in [5.41, 5.74) is 6.83. The quantitative estimate of drug-likeness (QED) is 0.641. The predicted molar refractivity (Wildman–Crippen MR) is 56.6 cm³/mol. The van der Waals surface area contributed by atoms with E-state index in [1.165, 1.54) is 6.07 Å². The molecule has 0 fully saturated rings. The van der Waals surface area contributed by atoms with Crippen molar-refractivity contribution in [2.24, 2.45) is 0 Å². The normalized spacial score (nSPS) is 10.2. The summed E-state index contributed by atoms with van der Waals surface area (Å²) in [6, 6.07) is 5.14. The molecule has 0 aromatic heterocycles. The number of carboxylic acid groups (broad SMARTS) is 1. The average Bonchev–Trinajstić information content (AvgIpc) is 2.01. The minimum absolute atomic E-state index is 0.138. The zero-order valence-electron chi connectivity index (χ0n) is 8.24. The Balaban J connectivity index is 2.94. The maximum atomic E-state index is 10.7. The smallest absolute Gasteiger partial charge is 0.337 e. The van der Waals surface area contributed by atoms with Gasteiger partial charge in [-0.3, -0.25) is 0 Å². The van der Waals surface area contributed by atoms with Crippen molar-refractivity contribution in [3.05, 3.63) is 23.8 Å². The van der Waals surface area contributed by atoms with Crippen molar-refractivity contribution < 1.29 is 9.90 Å². The van der Waals surface area contributed by atoms with Crippen LogP contribution in [0.3, 0.4) is 0 Å². The van der Waals surface area contributed by atoms with Crippen LogP contribution < -0.4 is 11.1 Å². The van der Waals surface area contributed by atoms with Crippen molar-refractivity contribution in [1.29, 1.82) is 0 Å². The Morgan fingerprint density at radius 1 is 1.50 bits per heavy atom. The van der Waals surface area contributed by atoms with Gasteiger partial charge in [-0.15, -0.1) is 0 Å². The molecule has 0 aliphatic rings. The third-order valence-corrected chi connectivity index (χ3v) is 1.74. The minimum atomic E-state index is -1.00. The molecule has 0 saturated heterocycles.